The van der Waals surface area contributed by atoms with Gasteiger partial charge in [0, 0.05) is 11.3 Å². The van der Waals surface area contributed by atoms with E-state index in [1.165, 1.54) is 0 Å². The molecular weight excluding hydrogens is 340 g/mol. The average molecular weight is 362 g/mol. The average Bonchev–Trinajstić information content (AvgIpc) is 3.20. The van der Waals surface area contributed by atoms with Gasteiger partial charge in [-0.25, -0.2) is 14.8 Å². The summed E-state index contributed by atoms with van der Waals surface area (Å²) in [5.74, 6) is 1.34. The summed E-state index contributed by atoms with van der Waals surface area (Å²) >= 11 is 0. The van der Waals surface area contributed by atoms with Crippen LogP contribution in [0.1, 0.15) is 38.3 Å². The van der Waals surface area contributed by atoms with E-state index in [9.17, 15) is 0 Å². The summed E-state index contributed by atoms with van der Waals surface area (Å²) in [6.07, 6.45) is 1.14. The van der Waals surface area contributed by atoms with E-state index in [0.29, 0.717) is 11.6 Å². The molecule has 1 aliphatic rings. The molecule has 5 nitrogen and oxygen atoms in total. The Balaban J connectivity index is 1.86. The zero-order valence-electron chi connectivity index (χ0n) is 15.6. The van der Waals surface area contributed by atoms with E-state index in [2.05, 4.69) is 0 Å². The van der Waals surface area contributed by atoms with Crippen molar-refractivity contribution in [3.8, 4) is 0 Å². The fraction of sp³-hybridized carbons (Fsp3) is 0.227. The molecule has 0 amide bonds. The smallest absolute Gasteiger partial charge is 0.198 e. The Labute approximate surface area is 158 Å². The van der Waals surface area contributed by atoms with Crippen LogP contribution in [0.3, 0.4) is 0 Å². The summed E-state index contributed by atoms with van der Waals surface area (Å²) in [6.45, 7) is 5.86. The van der Waals surface area contributed by atoms with E-state index in [1.54, 1.807) is 6.26 Å². The molecule has 138 valence electrons. The molecule has 27 heavy (non-hydrogen) atoms. The summed E-state index contributed by atoms with van der Waals surface area (Å²) in [5, 5.41) is 0. The summed E-state index contributed by atoms with van der Waals surface area (Å²) in [6, 6.07) is 21.6. The van der Waals surface area contributed by atoms with E-state index in [0.717, 1.165) is 16.9 Å². The molecule has 0 spiro atoms. The molecule has 0 fully saturated rings. The molecule has 0 radical (unpaired) electrons. The van der Waals surface area contributed by atoms with Crippen LogP contribution in [-0.4, -0.2) is 11.4 Å². The van der Waals surface area contributed by atoms with Gasteiger partial charge in [-0.05, 0) is 51.1 Å². The van der Waals surface area contributed by atoms with Crippen LogP contribution in [0.2, 0.25) is 0 Å². The Morgan fingerprint density at radius 1 is 0.926 bits per heavy atom. The number of hydrogen-bond donors (Lipinski definition) is 0. The van der Waals surface area contributed by atoms with Crippen molar-refractivity contribution in [2.24, 2.45) is 4.99 Å². The fourth-order valence-corrected chi connectivity index (χ4v) is 2.93. The molecule has 0 saturated carbocycles. The minimum Gasteiger partial charge on any atom is -0.461 e. The second kappa shape index (κ2) is 7.02. The largest absolute Gasteiger partial charge is 0.461 e. The first-order chi connectivity index (χ1) is 13.0. The van der Waals surface area contributed by atoms with Crippen LogP contribution in [0.5, 0.6) is 0 Å². The first kappa shape index (κ1) is 17.5. The first-order valence-corrected chi connectivity index (χ1v) is 8.93. The van der Waals surface area contributed by atoms with Crippen molar-refractivity contribution in [3.63, 3.8) is 0 Å². The van der Waals surface area contributed by atoms with Crippen molar-refractivity contribution < 1.29 is 14.2 Å². The van der Waals surface area contributed by atoms with Crippen molar-refractivity contribution in [1.29, 1.82) is 0 Å². The maximum Gasteiger partial charge on any atom is 0.198 e. The Hall–Kier alpha value is -2.89. The number of benzene rings is 2. The Kier molecular flexibility index (Phi) is 4.56. The van der Waals surface area contributed by atoms with Crippen LogP contribution >= 0.6 is 0 Å². The van der Waals surface area contributed by atoms with Crippen LogP contribution in [0.15, 0.2) is 82.4 Å². The van der Waals surface area contributed by atoms with Crippen LogP contribution in [0.4, 0.5) is 11.4 Å². The van der Waals surface area contributed by atoms with Crippen molar-refractivity contribution >= 4 is 17.2 Å². The molecule has 3 aromatic rings. The quantitative estimate of drug-likeness (QED) is 0.446. The van der Waals surface area contributed by atoms with Gasteiger partial charge in [-0.2, -0.15) is 0 Å². The summed E-state index contributed by atoms with van der Waals surface area (Å²) in [7, 11) is 0. The van der Waals surface area contributed by atoms with Crippen LogP contribution in [0, 0.1) is 0 Å². The number of fused-ring (bicyclic) bond motifs is 1. The highest BCUT2D eigenvalue weighted by molar-refractivity contribution is 6.10. The molecule has 0 bridgehead atoms. The van der Waals surface area contributed by atoms with E-state index in [-0.39, 0.29) is 0 Å². The van der Waals surface area contributed by atoms with Crippen molar-refractivity contribution in [2.45, 2.75) is 32.6 Å². The lowest BCUT2D eigenvalue weighted by Crippen LogP contribution is -2.40. The number of furan rings is 1. The fourth-order valence-electron chi connectivity index (χ4n) is 2.93. The number of nitrogens with zero attached hydrogens (tertiary/aromatic N) is 2. The number of hydrogen-bond acceptors (Lipinski definition) is 5. The highest BCUT2D eigenvalue weighted by atomic mass is 17.2. The van der Waals surface area contributed by atoms with Gasteiger partial charge in [-0.15, -0.1) is 0 Å². The second-order valence-electron chi connectivity index (χ2n) is 7.32. The lowest BCUT2D eigenvalue weighted by Gasteiger charge is -2.37. The molecule has 0 N–H and O–H groups in total. The third kappa shape index (κ3) is 3.65. The highest BCUT2D eigenvalue weighted by Gasteiger charge is 2.35. The van der Waals surface area contributed by atoms with E-state index in [4.69, 9.17) is 19.2 Å². The summed E-state index contributed by atoms with van der Waals surface area (Å²) < 4.78 is 5.66. The Morgan fingerprint density at radius 3 is 2.37 bits per heavy atom. The van der Waals surface area contributed by atoms with Crippen molar-refractivity contribution in [1.82, 2.24) is 0 Å². The molecule has 0 saturated heterocycles. The third-order valence-electron chi connectivity index (χ3n) is 4.06. The lowest BCUT2D eigenvalue weighted by molar-refractivity contribution is -0.374. The molecule has 2 aromatic carbocycles. The van der Waals surface area contributed by atoms with Crippen LogP contribution < -0.4 is 4.90 Å². The number of para-hydroxylation sites is 2. The Bertz CT molecular complexity index is 928. The first-order valence-electron chi connectivity index (χ1n) is 8.93. The van der Waals surface area contributed by atoms with Gasteiger partial charge in [-0.3, -0.25) is 4.90 Å². The third-order valence-corrected chi connectivity index (χ3v) is 4.06. The molecule has 5 heteroatoms. The minimum absolute atomic E-state index is 0.448. The minimum atomic E-state index is -0.500. The van der Waals surface area contributed by atoms with Crippen molar-refractivity contribution in [3.05, 3.63) is 84.3 Å². The van der Waals surface area contributed by atoms with Crippen LogP contribution in [0.25, 0.3) is 0 Å². The second-order valence-corrected chi connectivity index (χ2v) is 7.32. The predicted octanol–water partition coefficient (Wildman–Crippen LogP) is 5.62. The van der Waals surface area contributed by atoms with Gasteiger partial charge in [0.2, 0.25) is 0 Å². The molecule has 4 rings (SSSR count). The maximum absolute atomic E-state index is 5.97. The van der Waals surface area contributed by atoms with E-state index in [1.807, 2.05) is 92.4 Å². The molecule has 1 aromatic heterocycles. The molecule has 0 aliphatic carbocycles. The molecule has 1 unspecified atom stereocenters. The van der Waals surface area contributed by atoms with Gasteiger partial charge in [0.15, 0.2) is 17.8 Å². The Morgan fingerprint density at radius 2 is 1.67 bits per heavy atom. The summed E-state index contributed by atoms with van der Waals surface area (Å²) in [4.78, 5) is 18.5. The lowest BCUT2D eigenvalue weighted by atomic mass is 10.1. The number of anilines is 1. The molecular formula is C22H22N2O3. The predicted molar refractivity (Wildman–Crippen MR) is 105 cm³/mol. The van der Waals surface area contributed by atoms with Gasteiger partial charge < -0.3 is 4.42 Å². The zero-order chi connectivity index (χ0) is 18.9. The van der Waals surface area contributed by atoms with E-state index >= 15 is 0 Å². The normalized spacial score (nSPS) is 16.8. The van der Waals surface area contributed by atoms with Crippen LogP contribution in [-0.2, 0) is 9.78 Å². The van der Waals surface area contributed by atoms with E-state index < -0.39 is 11.8 Å². The van der Waals surface area contributed by atoms with Gasteiger partial charge in [0.1, 0.15) is 0 Å². The summed E-state index contributed by atoms with van der Waals surface area (Å²) in [5.41, 5.74) is 2.25. The van der Waals surface area contributed by atoms with Crippen molar-refractivity contribution in [2.75, 3.05) is 4.90 Å². The number of rotatable bonds is 4. The monoisotopic (exact) mass is 362 g/mol. The SMILES string of the molecule is CC(C)(C)OOC1c2ccccc2N=C(c2ccco2)N1c1ccccc1. The topological polar surface area (TPSA) is 47.2 Å². The molecule has 1 aliphatic heterocycles. The molecule has 1 atom stereocenters. The van der Waals surface area contributed by atoms with Gasteiger partial charge in [-0.1, -0.05) is 36.4 Å². The number of amidine groups is 1. The molecule has 2 heterocycles. The van der Waals surface area contributed by atoms with Gasteiger partial charge in [0.25, 0.3) is 0 Å². The van der Waals surface area contributed by atoms with Gasteiger partial charge in [0.05, 0.1) is 17.6 Å². The number of aliphatic imine (C=N–C) groups is 1. The van der Waals surface area contributed by atoms with Gasteiger partial charge >= 0.3 is 0 Å². The highest BCUT2D eigenvalue weighted by Crippen LogP contribution is 2.40. The maximum atomic E-state index is 5.97. The zero-order valence-corrected chi connectivity index (χ0v) is 15.6. The standard InChI is InChI=1S/C22H22N2O3/c1-22(2,3)27-26-21-17-12-7-8-13-18(17)23-20(19-14-9-15-25-19)24(21)16-10-5-4-6-11-16/h4-15,21H,1-3H3.